The van der Waals surface area contributed by atoms with E-state index >= 15 is 0 Å². The van der Waals surface area contributed by atoms with Gasteiger partial charge in [0.05, 0.1) is 6.54 Å². The second kappa shape index (κ2) is 7.34. The summed E-state index contributed by atoms with van der Waals surface area (Å²) in [5.41, 5.74) is 9.26. The topological polar surface area (TPSA) is 49.6 Å². The minimum atomic E-state index is 0.231. The van der Waals surface area contributed by atoms with Crippen LogP contribution in [-0.2, 0) is 11.2 Å². The van der Waals surface area contributed by atoms with Crippen LogP contribution in [-0.4, -0.2) is 37.0 Å². The number of carbonyl (C=O) groups is 1. The third-order valence-electron chi connectivity index (χ3n) is 4.05. The molecule has 21 heavy (non-hydrogen) atoms. The van der Waals surface area contributed by atoms with Crippen molar-refractivity contribution in [2.24, 2.45) is 0 Å². The van der Waals surface area contributed by atoms with Crippen LogP contribution in [0.15, 0.2) is 18.2 Å². The second-order valence-corrected chi connectivity index (χ2v) is 5.75. The lowest BCUT2D eigenvalue weighted by Crippen LogP contribution is -2.43. The molecule has 0 unspecified atom stereocenters. The predicted molar refractivity (Wildman–Crippen MR) is 88.6 cm³/mol. The number of nitrogens with two attached hydrogens (primary N) is 1. The van der Waals surface area contributed by atoms with E-state index in [9.17, 15) is 4.79 Å². The smallest absolute Gasteiger partial charge is 0.242 e. The van der Waals surface area contributed by atoms with Crippen molar-refractivity contribution in [3.05, 3.63) is 23.8 Å². The van der Waals surface area contributed by atoms with Gasteiger partial charge in [0.25, 0.3) is 0 Å². The third kappa shape index (κ3) is 3.69. The zero-order valence-corrected chi connectivity index (χ0v) is 13.3. The van der Waals surface area contributed by atoms with Crippen molar-refractivity contribution < 1.29 is 4.79 Å². The quantitative estimate of drug-likeness (QED) is 0.819. The fourth-order valence-electron chi connectivity index (χ4n) is 3.06. The molecule has 2 N–H and O–H groups in total. The monoisotopic (exact) mass is 289 g/mol. The number of benzene rings is 1. The average Bonchev–Trinajstić information content (AvgIpc) is 2.48. The van der Waals surface area contributed by atoms with Gasteiger partial charge in [-0.1, -0.05) is 19.9 Å². The molecule has 1 aliphatic rings. The van der Waals surface area contributed by atoms with E-state index in [0.29, 0.717) is 6.54 Å². The highest BCUT2D eigenvalue weighted by Crippen LogP contribution is 2.31. The Morgan fingerprint density at radius 3 is 2.67 bits per heavy atom. The van der Waals surface area contributed by atoms with Gasteiger partial charge < -0.3 is 15.5 Å². The minimum Gasteiger partial charge on any atom is -0.398 e. The number of carbonyl (C=O) groups excluding carboxylic acids is 1. The van der Waals surface area contributed by atoms with Gasteiger partial charge in [0, 0.05) is 31.0 Å². The summed E-state index contributed by atoms with van der Waals surface area (Å²) in [7, 11) is 0. The van der Waals surface area contributed by atoms with Gasteiger partial charge in [0.2, 0.25) is 5.91 Å². The molecule has 2 rings (SSSR count). The molecular formula is C17H27N3O. The third-order valence-corrected chi connectivity index (χ3v) is 4.05. The SMILES string of the molecule is CCCN(CCC)C(=O)CN1CCCc2c(N)cccc21. The van der Waals surface area contributed by atoms with Crippen LogP contribution < -0.4 is 10.6 Å². The van der Waals surface area contributed by atoms with Gasteiger partial charge in [-0.25, -0.2) is 0 Å². The first-order valence-electron chi connectivity index (χ1n) is 8.07. The van der Waals surface area contributed by atoms with Gasteiger partial charge in [-0.05, 0) is 43.4 Å². The lowest BCUT2D eigenvalue weighted by atomic mass is 10.00. The normalized spacial score (nSPS) is 13.9. The Balaban J connectivity index is 2.10. The standard InChI is InChI=1S/C17H27N3O/c1-3-10-19(11-4-2)17(21)13-20-12-6-7-14-15(18)8-5-9-16(14)20/h5,8-9H,3-4,6-7,10-13,18H2,1-2H3. The van der Waals surface area contributed by atoms with E-state index in [0.717, 1.165) is 56.7 Å². The Bertz CT molecular complexity index is 481. The van der Waals surface area contributed by atoms with Crippen LogP contribution in [0.3, 0.4) is 0 Å². The number of rotatable bonds is 6. The summed E-state index contributed by atoms with van der Waals surface area (Å²) in [4.78, 5) is 16.7. The van der Waals surface area contributed by atoms with Gasteiger partial charge in [0.1, 0.15) is 0 Å². The number of anilines is 2. The fraction of sp³-hybridized carbons (Fsp3) is 0.588. The summed E-state index contributed by atoms with van der Waals surface area (Å²) in [6, 6.07) is 6.01. The molecule has 1 aromatic rings. The summed E-state index contributed by atoms with van der Waals surface area (Å²) in [6.45, 7) is 7.35. The van der Waals surface area contributed by atoms with Gasteiger partial charge in [-0.3, -0.25) is 4.79 Å². The summed E-state index contributed by atoms with van der Waals surface area (Å²) in [6.07, 6.45) is 4.10. The van der Waals surface area contributed by atoms with E-state index in [1.54, 1.807) is 0 Å². The summed E-state index contributed by atoms with van der Waals surface area (Å²) >= 11 is 0. The van der Waals surface area contributed by atoms with Crippen molar-refractivity contribution in [1.82, 2.24) is 4.90 Å². The fourth-order valence-corrected chi connectivity index (χ4v) is 3.06. The van der Waals surface area contributed by atoms with Crippen LogP contribution in [0, 0.1) is 0 Å². The van der Waals surface area contributed by atoms with Crippen molar-refractivity contribution in [3.8, 4) is 0 Å². The largest absolute Gasteiger partial charge is 0.398 e. The molecule has 0 atom stereocenters. The molecule has 0 fully saturated rings. The average molecular weight is 289 g/mol. The zero-order chi connectivity index (χ0) is 15.2. The molecule has 1 aliphatic heterocycles. The molecule has 0 aromatic heterocycles. The maximum absolute atomic E-state index is 12.5. The van der Waals surface area contributed by atoms with E-state index < -0.39 is 0 Å². The molecule has 1 heterocycles. The highest BCUT2D eigenvalue weighted by atomic mass is 16.2. The molecule has 0 saturated carbocycles. The van der Waals surface area contributed by atoms with Crippen molar-refractivity contribution in [3.63, 3.8) is 0 Å². The number of hydrogen-bond donors (Lipinski definition) is 1. The van der Waals surface area contributed by atoms with Crippen molar-refractivity contribution in [1.29, 1.82) is 0 Å². The van der Waals surface area contributed by atoms with Crippen LogP contribution in [0.4, 0.5) is 11.4 Å². The minimum absolute atomic E-state index is 0.231. The van der Waals surface area contributed by atoms with Crippen molar-refractivity contribution in [2.75, 3.05) is 36.8 Å². The number of amides is 1. The lowest BCUT2D eigenvalue weighted by molar-refractivity contribution is -0.129. The molecule has 0 spiro atoms. The Morgan fingerprint density at radius 1 is 1.29 bits per heavy atom. The highest BCUT2D eigenvalue weighted by Gasteiger charge is 2.22. The zero-order valence-electron chi connectivity index (χ0n) is 13.3. The second-order valence-electron chi connectivity index (χ2n) is 5.75. The van der Waals surface area contributed by atoms with E-state index in [1.165, 1.54) is 5.56 Å². The Labute approximate surface area is 127 Å². The molecule has 0 bridgehead atoms. The molecule has 4 nitrogen and oxygen atoms in total. The van der Waals surface area contributed by atoms with Crippen LogP contribution >= 0.6 is 0 Å². The molecule has 1 aromatic carbocycles. The molecule has 0 radical (unpaired) electrons. The molecule has 0 saturated heterocycles. The summed E-state index contributed by atoms with van der Waals surface area (Å²) in [5, 5.41) is 0. The first-order chi connectivity index (χ1) is 10.2. The molecule has 0 aliphatic carbocycles. The van der Waals surface area contributed by atoms with Crippen LogP contribution in [0.5, 0.6) is 0 Å². The predicted octanol–water partition coefficient (Wildman–Crippen LogP) is 2.67. The van der Waals surface area contributed by atoms with Crippen LogP contribution in [0.2, 0.25) is 0 Å². The van der Waals surface area contributed by atoms with Crippen LogP contribution in [0.1, 0.15) is 38.7 Å². The number of fused-ring (bicyclic) bond motifs is 1. The first-order valence-corrected chi connectivity index (χ1v) is 8.07. The van der Waals surface area contributed by atoms with Gasteiger partial charge >= 0.3 is 0 Å². The summed E-state index contributed by atoms with van der Waals surface area (Å²) in [5.74, 6) is 0.231. The maximum Gasteiger partial charge on any atom is 0.242 e. The van der Waals surface area contributed by atoms with E-state index in [-0.39, 0.29) is 5.91 Å². The van der Waals surface area contributed by atoms with Crippen LogP contribution in [0.25, 0.3) is 0 Å². The lowest BCUT2D eigenvalue weighted by Gasteiger charge is -2.33. The van der Waals surface area contributed by atoms with Crippen molar-refractivity contribution >= 4 is 17.3 Å². The van der Waals surface area contributed by atoms with E-state index in [4.69, 9.17) is 5.73 Å². The Hall–Kier alpha value is -1.71. The summed E-state index contributed by atoms with van der Waals surface area (Å²) < 4.78 is 0. The number of nitrogens with zero attached hydrogens (tertiary/aromatic N) is 2. The van der Waals surface area contributed by atoms with E-state index in [1.807, 2.05) is 17.0 Å². The van der Waals surface area contributed by atoms with E-state index in [2.05, 4.69) is 24.8 Å². The number of nitrogen functional groups attached to an aromatic ring is 1. The van der Waals surface area contributed by atoms with Crippen molar-refractivity contribution in [2.45, 2.75) is 39.5 Å². The molecular weight excluding hydrogens is 262 g/mol. The Kier molecular flexibility index (Phi) is 5.48. The number of hydrogen-bond acceptors (Lipinski definition) is 3. The first kappa shape index (κ1) is 15.7. The highest BCUT2D eigenvalue weighted by molar-refractivity contribution is 5.82. The maximum atomic E-state index is 12.5. The molecule has 1 amide bonds. The van der Waals surface area contributed by atoms with Gasteiger partial charge in [0.15, 0.2) is 0 Å². The molecule has 116 valence electrons. The van der Waals surface area contributed by atoms with Gasteiger partial charge in [-0.15, -0.1) is 0 Å². The van der Waals surface area contributed by atoms with Gasteiger partial charge in [-0.2, -0.15) is 0 Å². The Morgan fingerprint density at radius 2 is 2.00 bits per heavy atom. The molecule has 4 heteroatoms.